The van der Waals surface area contributed by atoms with Gasteiger partial charge in [0, 0.05) is 11.9 Å². The lowest BCUT2D eigenvalue weighted by atomic mass is 9.69. The summed E-state index contributed by atoms with van der Waals surface area (Å²) in [5.74, 6) is 1.56. The van der Waals surface area contributed by atoms with Crippen LogP contribution in [0.5, 0.6) is 0 Å². The van der Waals surface area contributed by atoms with Crippen LogP contribution in [-0.4, -0.2) is 29.5 Å². The smallest absolute Gasteiger partial charge is 0.0846 e. The molecule has 0 atom stereocenters. The Bertz CT molecular complexity index is 890. The first kappa shape index (κ1) is 15.5. The molecule has 2 aromatic heterocycles. The molecule has 1 aliphatic heterocycles. The van der Waals surface area contributed by atoms with Gasteiger partial charge < -0.3 is 4.90 Å². The molecule has 1 saturated heterocycles. The van der Waals surface area contributed by atoms with Gasteiger partial charge in [0.15, 0.2) is 0 Å². The fourth-order valence-electron chi connectivity index (χ4n) is 4.54. The van der Waals surface area contributed by atoms with E-state index >= 15 is 0 Å². The highest BCUT2D eigenvalue weighted by molar-refractivity contribution is 7.13. The summed E-state index contributed by atoms with van der Waals surface area (Å²) in [5.41, 5.74) is 5.32. The molecule has 1 saturated carbocycles. The molecule has 3 aromatic rings. The van der Waals surface area contributed by atoms with Crippen molar-refractivity contribution in [2.75, 3.05) is 19.6 Å². The predicted molar refractivity (Wildman–Crippen MR) is 106 cm³/mol. The Hall–Kier alpha value is -1.71. The van der Waals surface area contributed by atoms with Crippen LogP contribution in [0.15, 0.2) is 41.8 Å². The monoisotopic (exact) mass is 348 g/mol. The Kier molecular flexibility index (Phi) is 3.87. The molecule has 2 fully saturated rings. The zero-order valence-electron chi connectivity index (χ0n) is 14.7. The number of aryl methyl sites for hydroxylation is 1. The first-order valence-corrected chi connectivity index (χ1v) is 10.3. The van der Waals surface area contributed by atoms with E-state index in [0.29, 0.717) is 5.92 Å². The van der Waals surface area contributed by atoms with Gasteiger partial charge in [0.25, 0.3) is 0 Å². The third kappa shape index (κ3) is 2.70. The molecular formula is C22H24N2S. The molecule has 25 heavy (non-hydrogen) atoms. The van der Waals surface area contributed by atoms with Crippen molar-refractivity contribution in [3.8, 4) is 10.6 Å². The maximum absolute atomic E-state index is 5.09. The van der Waals surface area contributed by atoms with Crippen molar-refractivity contribution >= 4 is 22.2 Å². The Morgan fingerprint density at radius 1 is 1.12 bits per heavy atom. The number of pyridine rings is 1. The summed E-state index contributed by atoms with van der Waals surface area (Å²) in [7, 11) is 0. The van der Waals surface area contributed by atoms with E-state index in [2.05, 4.69) is 53.6 Å². The molecular weight excluding hydrogens is 324 g/mol. The van der Waals surface area contributed by atoms with Crippen molar-refractivity contribution in [1.29, 1.82) is 0 Å². The fraction of sp³-hybridized carbons (Fsp3) is 0.409. The molecule has 2 aliphatic rings. The Morgan fingerprint density at radius 2 is 1.96 bits per heavy atom. The lowest BCUT2D eigenvalue weighted by Crippen LogP contribution is -2.43. The molecule has 1 aromatic carbocycles. The zero-order valence-corrected chi connectivity index (χ0v) is 15.6. The third-order valence-corrected chi connectivity index (χ3v) is 6.94. The minimum atomic E-state index is 0.681. The van der Waals surface area contributed by atoms with E-state index in [1.54, 1.807) is 0 Å². The van der Waals surface area contributed by atoms with Crippen molar-refractivity contribution in [2.45, 2.75) is 32.1 Å². The van der Waals surface area contributed by atoms with Crippen molar-refractivity contribution in [2.24, 2.45) is 5.92 Å². The number of hydrogen-bond donors (Lipinski definition) is 0. The highest BCUT2D eigenvalue weighted by Crippen LogP contribution is 2.48. The minimum Gasteiger partial charge on any atom is -0.303 e. The molecule has 3 heteroatoms. The van der Waals surface area contributed by atoms with Crippen LogP contribution in [0.2, 0.25) is 0 Å². The topological polar surface area (TPSA) is 16.1 Å². The minimum absolute atomic E-state index is 0.681. The quantitative estimate of drug-likeness (QED) is 0.621. The molecule has 0 N–H and O–H groups in total. The molecule has 1 aliphatic carbocycles. The number of thiophene rings is 1. The number of rotatable bonds is 4. The van der Waals surface area contributed by atoms with Gasteiger partial charge in [-0.05, 0) is 79.8 Å². The average molecular weight is 349 g/mol. The second-order valence-corrected chi connectivity index (χ2v) is 8.63. The molecule has 0 radical (unpaired) electrons. The van der Waals surface area contributed by atoms with Crippen molar-refractivity contribution in [3.05, 3.63) is 52.9 Å². The number of aromatic nitrogens is 1. The summed E-state index contributed by atoms with van der Waals surface area (Å²) in [6.07, 6.45) is 4.05. The van der Waals surface area contributed by atoms with Gasteiger partial charge in [0.1, 0.15) is 0 Å². The Morgan fingerprint density at radius 3 is 2.68 bits per heavy atom. The second-order valence-electron chi connectivity index (χ2n) is 7.68. The van der Waals surface area contributed by atoms with Crippen molar-refractivity contribution in [3.63, 3.8) is 0 Å². The van der Waals surface area contributed by atoms with E-state index < -0.39 is 0 Å². The largest absolute Gasteiger partial charge is 0.303 e. The maximum atomic E-state index is 5.09. The van der Waals surface area contributed by atoms with Crippen LogP contribution in [-0.2, 0) is 0 Å². The van der Waals surface area contributed by atoms with Crippen LogP contribution in [0.25, 0.3) is 21.5 Å². The lowest BCUT2D eigenvalue weighted by Gasteiger charge is -2.42. The summed E-state index contributed by atoms with van der Waals surface area (Å²) < 4.78 is 0. The van der Waals surface area contributed by atoms with Crippen LogP contribution in [0, 0.1) is 12.8 Å². The van der Waals surface area contributed by atoms with Crippen LogP contribution in [0.3, 0.4) is 0 Å². The van der Waals surface area contributed by atoms with Gasteiger partial charge >= 0.3 is 0 Å². The summed E-state index contributed by atoms with van der Waals surface area (Å²) in [6.45, 7) is 6.25. The van der Waals surface area contributed by atoms with Gasteiger partial charge in [0.2, 0.25) is 0 Å². The van der Waals surface area contributed by atoms with Crippen LogP contribution in [0.1, 0.15) is 36.3 Å². The molecule has 5 rings (SSSR count). The number of benzene rings is 1. The Labute approximate surface area is 153 Å². The molecule has 0 spiro atoms. The van der Waals surface area contributed by atoms with Crippen LogP contribution in [0.4, 0.5) is 0 Å². The SMILES string of the molecule is Cc1c(C2CC(CN3CCC3)C2)c(-c2cccs2)nc2ccccc12. The van der Waals surface area contributed by atoms with Crippen molar-refractivity contribution in [1.82, 2.24) is 9.88 Å². The lowest BCUT2D eigenvalue weighted by molar-refractivity contribution is 0.109. The summed E-state index contributed by atoms with van der Waals surface area (Å²) in [4.78, 5) is 9.03. The molecule has 3 heterocycles. The molecule has 0 amide bonds. The van der Waals surface area contributed by atoms with E-state index in [1.807, 2.05) is 11.3 Å². The van der Waals surface area contributed by atoms with E-state index in [-0.39, 0.29) is 0 Å². The predicted octanol–water partition coefficient (Wildman–Crippen LogP) is 5.47. The number of fused-ring (bicyclic) bond motifs is 1. The van der Waals surface area contributed by atoms with E-state index in [9.17, 15) is 0 Å². The molecule has 0 bridgehead atoms. The van der Waals surface area contributed by atoms with Crippen molar-refractivity contribution < 1.29 is 0 Å². The highest BCUT2D eigenvalue weighted by Gasteiger charge is 2.35. The third-order valence-electron chi connectivity index (χ3n) is 6.06. The summed E-state index contributed by atoms with van der Waals surface area (Å²) in [6, 6.07) is 13.0. The normalized spacial score (nSPS) is 23.4. The van der Waals surface area contributed by atoms with Crippen LogP contribution >= 0.6 is 11.3 Å². The first-order valence-electron chi connectivity index (χ1n) is 9.45. The fourth-order valence-corrected chi connectivity index (χ4v) is 5.27. The number of para-hydroxylation sites is 1. The summed E-state index contributed by atoms with van der Waals surface area (Å²) in [5, 5.41) is 3.49. The number of hydrogen-bond acceptors (Lipinski definition) is 3. The van der Waals surface area contributed by atoms with Gasteiger partial charge in [-0.3, -0.25) is 0 Å². The first-order chi connectivity index (χ1) is 12.3. The van der Waals surface area contributed by atoms with Gasteiger partial charge in [-0.25, -0.2) is 4.98 Å². The van der Waals surface area contributed by atoms with Crippen LogP contribution < -0.4 is 0 Å². The van der Waals surface area contributed by atoms with Gasteiger partial charge in [0.05, 0.1) is 16.1 Å². The van der Waals surface area contributed by atoms with Gasteiger partial charge in [-0.2, -0.15) is 0 Å². The number of nitrogens with zero attached hydrogens (tertiary/aromatic N) is 2. The maximum Gasteiger partial charge on any atom is 0.0846 e. The summed E-state index contributed by atoms with van der Waals surface area (Å²) >= 11 is 1.81. The zero-order chi connectivity index (χ0) is 16.8. The second kappa shape index (κ2) is 6.22. The molecule has 2 nitrogen and oxygen atoms in total. The standard InChI is InChI=1S/C22H24N2S/c1-15-18-6-2-3-7-19(18)23-22(20-8-4-11-25-20)21(15)17-12-16(13-17)14-24-9-5-10-24/h2-4,6-8,11,16-17H,5,9-10,12-14H2,1H3. The van der Waals surface area contributed by atoms with E-state index in [4.69, 9.17) is 4.98 Å². The molecule has 0 unspecified atom stereocenters. The van der Waals surface area contributed by atoms with E-state index in [1.165, 1.54) is 66.0 Å². The van der Waals surface area contributed by atoms with Gasteiger partial charge in [-0.15, -0.1) is 11.3 Å². The highest BCUT2D eigenvalue weighted by atomic mass is 32.1. The van der Waals surface area contributed by atoms with Gasteiger partial charge in [-0.1, -0.05) is 24.3 Å². The Balaban J connectivity index is 1.52. The van der Waals surface area contributed by atoms with E-state index in [0.717, 1.165) is 11.4 Å². The number of likely N-dealkylation sites (tertiary alicyclic amines) is 1. The molecule has 128 valence electrons. The average Bonchev–Trinajstić information content (AvgIpc) is 3.07.